The second-order valence-electron chi connectivity index (χ2n) is 25.7. The van der Waals surface area contributed by atoms with Gasteiger partial charge in [0.15, 0.2) is 6.10 Å². The van der Waals surface area contributed by atoms with Crippen molar-refractivity contribution in [3.8, 4) is 0 Å². The van der Waals surface area contributed by atoms with E-state index >= 15 is 0 Å². The third-order valence-electron chi connectivity index (χ3n) is 15.8. The fourth-order valence-corrected chi connectivity index (χ4v) is 11.4. The highest BCUT2D eigenvalue weighted by Gasteiger charge is 2.29. The molecule has 0 aromatic rings. The molecule has 0 aliphatic rings. The number of hydrogen-bond donors (Lipinski definition) is 4. The fraction of sp³-hybridized carbons (Fsp3) is 0.598. The van der Waals surface area contributed by atoms with Crippen LogP contribution in [-0.4, -0.2) is 95.9 Å². The van der Waals surface area contributed by atoms with Crippen LogP contribution in [0, 0.1) is 0 Å². The summed E-state index contributed by atoms with van der Waals surface area (Å²) < 4.78 is 61.1. The van der Waals surface area contributed by atoms with Gasteiger partial charge in [-0.25, -0.2) is 9.13 Å². The number of aliphatic hydroxyl groups is 2. The molecule has 0 fully saturated rings. The number of esters is 3. The number of ether oxygens (including phenoxy) is 3. The Hall–Kier alpha value is -5.61. The summed E-state index contributed by atoms with van der Waals surface area (Å²) in [5, 5.41) is 20.7. The standard InChI is InChI=1S/C87H140O16P2/c1-4-7-10-13-16-19-22-25-28-31-34-37-38-39-40-41-42-45-47-49-52-55-58-61-64-67-70-73-85(90)97-76-82(88)77-99-104(93,94)100-78-83(89)79-101-105(95,96)102-81-84(103-87(92)75-72-69-66-63-60-57-54-51-48-44-36-33-30-27-24-21-18-15-12-9-6-3)80-98-86(91)74-71-68-65-62-59-56-53-50-46-43-35-32-29-26-23-20-17-14-11-8-5-2/h7-12,16-21,25-30,34-37,39-40,43-44,50-51,53-54,59,62,82-84,88-89H,4-6,13-15,22-24,31-33,38,41-42,45-49,52,55-58,60-61,63-81H2,1-3H3,(H,93,94)(H,95,96)/b10-7-,11-8-,12-9-,19-16-,20-17-,21-18-,28-25-,29-26-,30-27-,37-34-,40-39-,43-35-,44-36-,53-50-,54-51-,62-59-. The number of carbonyl (C=O) groups excluding carboxylic acids is 3. The van der Waals surface area contributed by atoms with E-state index < -0.39 is 91.5 Å². The summed E-state index contributed by atoms with van der Waals surface area (Å²) in [4.78, 5) is 58.7. The molecule has 5 atom stereocenters. The van der Waals surface area contributed by atoms with Gasteiger partial charge in [0, 0.05) is 19.3 Å². The molecule has 0 aliphatic heterocycles. The third kappa shape index (κ3) is 79.3. The Labute approximate surface area is 636 Å². The first-order chi connectivity index (χ1) is 51.2. The number of aliphatic hydroxyl groups excluding tert-OH is 2. The van der Waals surface area contributed by atoms with Gasteiger partial charge < -0.3 is 34.2 Å². The minimum atomic E-state index is -4.96. The van der Waals surface area contributed by atoms with E-state index in [4.69, 9.17) is 32.3 Å². The second kappa shape index (κ2) is 78.0. The SMILES string of the molecule is CC/C=C\C/C=C\C/C=C\C/C=C\C/C=C\C/C=C\CCCCC(=O)OCC(COP(=O)(O)OCC(O)COP(=O)(O)OCC(O)COC(=O)CCCCCCCCCCCCC/C=C\C/C=C\C/C=C\C/C=C\C/C=C\CC)OC(=O)CCCCCCC/C=C\C/C=C\C/C=C\C/C=C\C/C=C\CC. The third-order valence-corrected chi connectivity index (χ3v) is 17.7. The van der Waals surface area contributed by atoms with Crippen molar-refractivity contribution >= 4 is 33.6 Å². The maximum Gasteiger partial charge on any atom is 0.472 e. The molecule has 16 nitrogen and oxygen atoms in total. The number of carbonyl (C=O) groups is 3. The lowest BCUT2D eigenvalue weighted by Crippen LogP contribution is -2.30. The average molecular weight is 1500 g/mol. The molecule has 0 aromatic heterocycles. The molecule has 0 saturated carbocycles. The van der Waals surface area contributed by atoms with Crippen molar-refractivity contribution in [3.63, 3.8) is 0 Å². The second-order valence-corrected chi connectivity index (χ2v) is 28.6. The van der Waals surface area contributed by atoms with Crippen molar-refractivity contribution in [1.29, 1.82) is 0 Å². The van der Waals surface area contributed by atoms with Crippen LogP contribution in [0.2, 0.25) is 0 Å². The maximum absolute atomic E-state index is 13.0. The number of rotatable bonds is 73. The Balaban J connectivity index is 4.72. The molecule has 18 heteroatoms. The van der Waals surface area contributed by atoms with E-state index in [0.717, 1.165) is 180 Å². The van der Waals surface area contributed by atoms with Gasteiger partial charge in [0.05, 0.1) is 26.4 Å². The van der Waals surface area contributed by atoms with Crippen LogP contribution in [0.1, 0.15) is 278 Å². The summed E-state index contributed by atoms with van der Waals surface area (Å²) in [6, 6.07) is 0. The Morgan fingerprint density at radius 3 is 0.771 bits per heavy atom. The van der Waals surface area contributed by atoms with Gasteiger partial charge in [-0.1, -0.05) is 292 Å². The van der Waals surface area contributed by atoms with Crippen molar-refractivity contribution in [2.45, 2.75) is 296 Å². The molecule has 5 unspecified atom stereocenters. The number of hydrogen-bond acceptors (Lipinski definition) is 14. The van der Waals surface area contributed by atoms with E-state index in [9.17, 15) is 43.5 Å². The lowest BCUT2D eigenvalue weighted by atomic mass is 10.0. The number of phosphoric acid groups is 2. The molecule has 0 aliphatic carbocycles. The van der Waals surface area contributed by atoms with Crippen molar-refractivity contribution in [3.05, 3.63) is 194 Å². The zero-order valence-electron chi connectivity index (χ0n) is 64.8. The smallest absolute Gasteiger partial charge is 0.463 e. The minimum Gasteiger partial charge on any atom is -0.463 e. The van der Waals surface area contributed by atoms with Gasteiger partial charge in [0.1, 0.15) is 25.4 Å². The molecule has 105 heavy (non-hydrogen) atoms. The van der Waals surface area contributed by atoms with Crippen LogP contribution in [0.3, 0.4) is 0 Å². The molecule has 0 saturated heterocycles. The van der Waals surface area contributed by atoms with Crippen LogP contribution in [-0.2, 0) is 55.8 Å². The van der Waals surface area contributed by atoms with Gasteiger partial charge in [-0.2, -0.15) is 0 Å². The van der Waals surface area contributed by atoms with E-state index in [1.165, 1.54) is 38.5 Å². The zero-order chi connectivity index (χ0) is 76.6. The van der Waals surface area contributed by atoms with Crippen molar-refractivity contribution in [1.82, 2.24) is 0 Å². The van der Waals surface area contributed by atoms with Crippen molar-refractivity contribution in [2.24, 2.45) is 0 Å². The van der Waals surface area contributed by atoms with Gasteiger partial charge >= 0.3 is 33.6 Å². The molecule has 0 amide bonds. The lowest BCUT2D eigenvalue weighted by molar-refractivity contribution is -0.161. The van der Waals surface area contributed by atoms with Crippen molar-refractivity contribution < 1.29 is 75.8 Å². The summed E-state index contributed by atoms with van der Waals surface area (Å²) in [7, 11) is -9.83. The normalized spacial score (nSPS) is 15.0. The summed E-state index contributed by atoms with van der Waals surface area (Å²) in [5.74, 6) is -1.66. The largest absolute Gasteiger partial charge is 0.472 e. The molecular weight excluding hydrogens is 1360 g/mol. The first kappa shape index (κ1) is 99.4. The van der Waals surface area contributed by atoms with Crippen LogP contribution in [0.15, 0.2) is 194 Å². The molecule has 4 N–H and O–H groups in total. The van der Waals surface area contributed by atoms with Crippen molar-refractivity contribution in [2.75, 3.05) is 39.6 Å². The quantitative estimate of drug-likeness (QED) is 0.0146. The van der Waals surface area contributed by atoms with Gasteiger partial charge in [0.2, 0.25) is 0 Å². The number of phosphoric ester groups is 2. The summed E-state index contributed by atoms with van der Waals surface area (Å²) >= 11 is 0. The minimum absolute atomic E-state index is 0.0641. The number of allylic oxidation sites excluding steroid dienone is 32. The fourth-order valence-electron chi connectivity index (χ4n) is 9.86. The first-order valence-corrected chi connectivity index (χ1v) is 42.7. The molecule has 0 bridgehead atoms. The topological polar surface area (TPSA) is 231 Å². The monoisotopic (exact) mass is 1500 g/mol. The maximum atomic E-state index is 13.0. The average Bonchev–Trinajstić information content (AvgIpc) is 0.914. The Kier molecular flexibility index (Phi) is 73.8. The van der Waals surface area contributed by atoms with Gasteiger partial charge in [-0.15, -0.1) is 0 Å². The summed E-state index contributed by atoms with van der Waals surface area (Å²) in [6.45, 7) is 2.24. The molecule has 0 radical (unpaired) electrons. The van der Waals surface area contributed by atoms with E-state index in [2.05, 4.69) is 215 Å². The van der Waals surface area contributed by atoms with Crippen LogP contribution in [0.25, 0.3) is 0 Å². The molecule has 0 spiro atoms. The predicted molar refractivity (Wildman–Crippen MR) is 435 cm³/mol. The van der Waals surface area contributed by atoms with E-state index in [-0.39, 0.29) is 19.3 Å². The first-order valence-electron chi connectivity index (χ1n) is 39.7. The van der Waals surface area contributed by atoms with E-state index in [1.807, 2.05) is 0 Å². The van der Waals surface area contributed by atoms with Gasteiger partial charge in [-0.3, -0.25) is 32.5 Å². The summed E-state index contributed by atoms with van der Waals surface area (Å²) in [5.41, 5.74) is 0. The van der Waals surface area contributed by atoms with Crippen LogP contribution in [0.4, 0.5) is 0 Å². The Bertz CT molecular complexity index is 2690. The highest BCUT2D eigenvalue weighted by Crippen LogP contribution is 2.45. The van der Waals surface area contributed by atoms with Crippen LogP contribution < -0.4 is 0 Å². The molecular formula is C87H140O16P2. The highest BCUT2D eigenvalue weighted by molar-refractivity contribution is 7.47. The Morgan fingerprint density at radius 2 is 0.476 bits per heavy atom. The Morgan fingerprint density at radius 1 is 0.267 bits per heavy atom. The van der Waals surface area contributed by atoms with E-state index in [0.29, 0.717) is 19.3 Å². The summed E-state index contributed by atoms with van der Waals surface area (Å²) in [6.07, 6.45) is 102. The van der Waals surface area contributed by atoms with Crippen LogP contribution >= 0.6 is 15.6 Å². The molecule has 594 valence electrons. The van der Waals surface area contributed by atoms with Gasteiger partial charge in [0.25, 0.3) is 0 Å². The predicted octanol–water partition coefficient (Wildman–Crippen LogP) is 23.5. The molecule has 0 aromatic carbocycles. The highest BCUT2D eigenvalue weighted by atomic mass is 31.2. The van der Waals surface area contributed by atoms with Crippen LogP contribution in [0.5, 0.6) is 0 Å². The van der Waals surface area contributed by atoms with Gasteiger partial charge in [-0.05, 0) is 161 Å². The molecule has 0 rings (SSSR count). The zero-order valence-corrected chi connectivity index (χ0v) is 66.6. The molecule has 0 heterocycles. The van der Waals surface area contributed by atoms with E-state index in [1.54, 1.807) is 0 Å². The number of unbranched alkanes of at least 4 members (excludes halogenated alkanes) is 18. The lowest BCUT2D eigenvalue weighted by Gasteiger charge is -2.21.